The molecule has 0 radical (unpaired) electrons. The summed E-state index contributed by atoms with van der Waals surface area (Å²) >= 11 is 0. The molecule has 2 aliphatic carbocycles. The van der Waals surface area contributed by atoms with E-state index in [1.807, 2.05) is 24.1 Å². The van der Waals surface area contributed by atoms with Gasteiger partial charge in [-0.2, -0.15) is 0 Å². The molecular weight excluding hydrogens is 491 g/mol. The molecule has 0 bridgehead atoms. The highest BCUT2D eigenvalue weighted by Crippen LogP contribution is 2.57. The lowest BCUT2D eigenvalue weighted by Gasteiger charge is -2.61. The Bertz CT molecular complexity index is 740. The van der Waals surface area contributed by atoms with E-state index in [1.165, 1.54) is 30.4 Å². The van der Waals surface area contributed by atoms with Gasteiger partial charge >= 0.3 is 0 Å². The summed E-state index contributed by atoms with van der Waals surface area (Å²) in [5.41, 5.74) is 2.87. The number of hydrogen-bond acceptors (Lipinski definition) is 3. The second-order valence-corrected chi connectivity index (χ2v) is 8.58. The van der Waals surface area contributed by atoms with Crippen molar-refractivity contribution in [2.24, 2.45) is 10.4 Å². The number of hydrogen-bond donors (Lipinski definition) is 2. The van der Waals surface area contributed by atoms with E-state index >= 15 is 0 Å². The van der Waals surface area contributed by atoms with E-state index in [1.54, 1.807) is 0 Å². The van der Waals surface area contributed by atoms with Crippen molar-refractivity contribution >= 4 is 35.8 Å². The molecule has 1 heterocycles. The number of halogens is 1. The monoisotopic (exact) mass is 526 g/mol. The lowest BCUT2D eigenvalue weighted by molar-refractivity contribution is -0.168. The summed E-state index contributed by atoms with van der Waals surface area (Å²) in [6.07, 6.45) is 6.64. The number of rotatable bonds is 7. The number of guanidine groups is 1. The van der Waals surface area contributed by atoms with Crippen molar-refractivity contribution in [3.8, 4) is 0 Å². The predicted octanol–water partition coefficient (Wildman–Crippen LogP) is 3.44. The van der Waals surface area contributed by atoms with Crippen LogP contribution in [0.2, 0.25) is 0 Å². The van der Waals surface area contributed by atoms with Crippen LogP contribution in [0.3, 0.4) is 0 Å². The molecule has 1 amide bonds. The second kappa shape index (κ2) is 10.3. The molecule has 2 atom stereocenters. The van der Waals surface area contributed by atoms with Crippen LogP contribution in [-0.4, -0.2) is 49.1 Å². The SMILES string of the molecule is CCOC1CC(NC(=NC)NCCCC(=O)N2Cc3ccccc3C2)C12CCC2.I. The number of nitrogens with one attached hydrogen (secondary N) is 2. The van der Waals surface area contributed by atoms with Crippen molar-refractivity contribution in [1.29, 1.82) is 0 Å². The minimum atomic E-state index is 0. The highest BCUT2D eigenvalue weighted by atomic mass is 127. The molecule has 0 aromatic heterocycles. The van der Waals surface area contributed by atoms with Gasteiger partial charge in [-0.05, 0) is 43.7 Å². The van der Waals surface area contributed by atoms with Crippen LogP contribution < -0.4 is 10.6 Å². The van der Waals surface area contributed by atoms with Crippen molar-refractivity contribution in [2.45, 2.75) is 70.7 Å². The first-order valence-electron chi connectivity index (χ1n) is 11.1. The number of carbonyl (C=O) groups is 1. The summed E-state index contributed by atoms with van der Waals surface area (Å²) in [6.45, 7) is 5.12. The van der Waals surface area contributed by atoms with E-state index in [-0.39, 0.29) is 29.9 Å². The van der Waals surface area contributed by atoms with Gasteiger partial charge in [-0.25, -0.2) is 0 Å². The second-order valence-electron chi connectivity index (χ2n) is 8.58. The topological polar surface area (TPSA) is 66.0 Å². The van der Waals surface area contributed by atoms with E-state index in [2.05, 4.69) is 34.7 Å². The van der Waals surface area contributed by atoms with Crippen LogP contribution in [0.25, 0.3) is 0 Å². The summed E-state index contributed by atoms with van der Waals surface area (Å²) < 4.78 is 5.94. The highest BCUT2D eigenvalue weighted by Gasteiger charge is 2.59. The Kier molecular flexibility index (Phi) is 8.01. The van der Waals surface area contributed by atoms with E-state index in [0.29, 0.717) is 24.0 Å². The van der Waals surface area contributed by atoms with Crippen LogP contribution >= 0.6 is 24.0 Å². The molecule has 2 N–H and O–H groups in total. The molecule has 1 aliphatic heterocycles. The highest BCUT2D eigenvalue weighted by molar-refractivity contribution is 14.0. The maximum atomic E-state index is 12.5. The van der Waals surface area contributed by atoms with E-state index in [4.69, 9.17) is 4.74 Å². The number of carbonyl (C=O) groups excluding carboxylic acids is 1. The van der Waals surface area contributed by atoms with Gasteiger partial charge in [0.05, 0.1) is 6.10 Å². The van der Waals surface area contributed by atoms with Crippen LogP contribution in [0.1, 0.15) is 56.6 Å². The average molecular weight is 526 g/mol. The molecule has 7 heteroatoms. The molecule has 2 unspecified atom stereocenters. The van der Waals surface area contributed by atoms with E-state index < -0.39 is 0 Å². The third-order valence-corrected chi connectivity index (χ3v) is 7.03. The van der Waals surface area contributed by atoms with Gasteiger partial charge in [0.1, 0.15) is 0 Å². The van der Waals surface area contributed by atoms with Crippen LogP contribution in [0.15, 0.2) is 29.3 Å². The molecule has 1 aromatic carbocycles. The van der Waals surface area contributed by atoms with Gasteiger partial charge in [0.2, 0.25) is 5.91 Å². The standard InChI is InChI=1S/C23H34N4O2.HI/c1-3-29-20-14-19(23(20)11-7-12-23)26-22(24-2)25-13-6-10-21(28)27-15-17-8-4-5-9-18(17)16-27;/h4-5,8-9,19-20H,3,6-7,10-16H2,1-2H3,(H2,24,25,26);1H. The van der Waals surface area contributed by atoms with Gasteiger partial charge in [0, 0.05) is 51.2 Å². The Morgan fingerprint density at radius 3 is 2.53 bits per heavy atom. The molecule has 3 aliphatic rings. The average Bonchev–Trinajstić information content (AvgIpc) is 3.11. The van der Waals surface area contributed by atoms with Crippen molar-refractivity contribution in [2.75, 3.05) is 20.2 Å². The first-order chi connectivity index (χ1) is 14.2. The van der Waals surface area contributed by atoms with Crippen molar-refractivity contribution in [3.05, 3.63) is 35.4 Å². The Labute approximate surface area is 197 Å². The third kappa shape index (κ3) is 4.61. The van der Waals surface area contributed by atoms with Crippen LogP contribution in [0.4, 0.5) is 0 Å². The first kappa shape index (κ1) is 23.3. The fraction of sp³-hybridized carbons (Fsp3) is 0.652. The summed E-state index contributed by atoms with van der Waals surface area (Å²) in [5.74, 6) is 1.08. The molecule has 0 saturated heterocycles. The van der Waals surface area contributed by atoms with Gasteiger partial charge in [-0.3, -0.25) is 9.79 Å². The number of ether oxygens (including phenoxy) is 1. The smallest absolute Gasteiger partial charge is 0.223 e. The number of fused-ring (bicyclic) bond motifs is 1. The van der Waals surface area contributed by atoms with Gasteiger partial charge in [-0.1, -0.05) is 30.7 Å². The molecule has 2 saturated carbocycles. The lowest BCUT2D eigenvalue weighted by Crippen LogP contribution is -2.68. The van der Waals surface area contributed by atoms with E-state index in [9.17, 15) is 4.79 Å². The van der Waals surface area contributed by atoms with Crippen molar-refractivity contribution in [3.63, 3.8) is 0 Å². The molecule has 2 fully saturated rings. The van der Waals surface area contributed by atoms with E-state index in [0.717, 1.165) is 45.0 Å². The summed E-state index contributed by atoms with van der Waals surface area (Å²) in [5, 5.41) is 6.99. The fourth-order valence-electron chi connectivity index (χ4n) is 5.11. The van der Waals surface area contributed by atoms with Crippen molar-refractivity contribution in [1.82, 2.24) is 15.5 Å². The zero-order valence-corrected chi connectivity index (χ0v) is 20.5. The maximum Gasteiger partial charge on any atom is 0.223 e. The quantitative estimate of drug-likeness (QED) is 0.247. The Morgan fingerprint density at radius 2 is 1.97 bits per heavy atom. The minimum Gasteiger partial charge on any atom is -0.378 e. The summed E-state index contributed by atoms with van der Waals surface area (Å²) in [7, 11) is 1.81. The zero-order valence-electron chi connectivity index (χ0n) is 18.2. The Balaban J connectivity index is 0.00000256. The number of aliphatic imine (C=N–C) groups is 1. The zero-order chi connectivity index (χ0) is 20.3. The summed E-state index contributed by atoms with van der Waals surface area (Å²) in [4.78, 5) is 18.9. The fourth-order valence-corrected chi connectivity index (χ4v) is 5.11. The van der Waals surface area contributed by atoms with Crippen molar-refractivity contribution < 1.29 is 9.53 Å². The van der Waals surface area contributed by atoms with Gasteiger partial charge < -0.3 is 20.3 Å². The van der Waals surface area contributed by atoms with Gasteiger partial charge in [-0.15, -0.1) is 24.0 Å². The molecular formula is C23H35IN4O2. The molecule has 30 heavy (non-hydrogen) atoms. The Morgan fingerprint density at radius 1 is 1.27 bits per heavy atom. The molecule has 4 rings (SSSR count). The van der Waals surface area contributed by atoms with Crippen LogP contribution in [0, 0.1) is 5.41 Å². The maximum absolute atomic E-state index is 12.5. The number of nitrogens with zero attached hydrogens (tertiary/aromatic N) is 2. The number of benzene rings is 1. The van der Waals surface area contributed by atoms with Crippen LogP contribution in [-0.2, 0) is 22.6 Å². The minimum absolute atomic E-state index is 0. The molecule has 1 spiro atoms. The van der Waals surface area contributed by atoms with Gasteiger partial charge in [0.25, 0.3) is 0 Å². The predicted molar refractivity (Wildman–Crippen MR) is 130 cm³/mol. The summed E-state index contributed by atoms with van der Waals surface area (Å²) in [6, 6.07) is 8.77. The number of amides is 1. The largest absolute Gasteiger partial charge is 0.378 e. The molecule has 6 nitrogen and oxygen atoms in total. The Hall–Kier alpha value is -1.35. The first-order valence-corrected chi connectivity index (χ1v) is 11.1. The van der Waals surface area contributed by atoms with Gasteiger partial charge in [0.15, 0.2) is 5.96 Å². The van der Waals surface area contributed by atoms with Crippen LogP contribution in [0.5, 0.6) is 0 Å². The molecule has 166 valence electrons. The lowest BCUT2D eigenvalue weighted by atomic mass is 9.51. The third-order valence-electron chi connectivity index (χ3n) is 7.03. The molecule has 1 aromatic rings. The normalized spacial score (nSPS) is 23.8.